The molecule has 1 aromatic carbocycles. The molecule has 3 rings (SSSR count). The van der Waals surface area contributed by atoms with E-state index in [1.807, 2.05) is 25.1 Å². The summed E-state index contributed by atoms with van der Waals surface area (Å²) in [5, 5.41) is 0. The van der Waals surface area contributed by atoms with E-state index in [4.69, 9.17) is 4.74 Å². The van der Waals surface area contributed by atoms with Crippen LogP contribution in [-0.2, 0) is 4.74 Å². The maximum atomic E-state index is 13.4. The highest BCUT2D eigenvalue weighted by atomic mass is 19.1. The first kappa shape index (κ1) is 16.4. The second-order valence-corrected chi connectivity index (χ2v) is 5.96. The predicted octanol–water partition coefficient (Wildman–Crippen LogP) is 2.50. The maximum absolute atomic E-state index is 13.4. The van der Waals surface area contributed by atoms with Gasteiger partial charge in [-0.3, -0.25) is 4.79 Å². The molecule has 1 atom stereocenters. The van der Waals surface area contributed by atoms with Gasteiger partial charge in [0.25, 0.3) is 5.91 Å². The van der Waals surface area contributed by atoms with Crippen LogP contribution in [0.25, 0.3) is 0 Å². The van der Waals surface area contributed by atoms with Crippen LogP contribution in [-0.4, -0.2) is 49.6 Å². The molecule has 0 spiro atoms. The van der Waals surface area contributed by atoms with Gasteiger partial charge in [-0.05, 0) is 29.8 Å². The zero-order valence-electron chi connectivity index (χ0n) is 13.8. The largest absolute Gasteiger partial charge is 0.370 e. The zero-order valence-corrected chi connectivity index (χ0v) is 13.8. The fourth-order valence-corrected chi connectivity index (χ4v) is 2.72. The molecule has 0 bridgehead atoms. The summed E-state index contributed by atoms with van der Waals surface area (Å²) < 4.78 is 19.1. The Morgan fingerprint density at radius 2 is 2.17 bits per heavy atom. The first-order valence-electron chi connectivity index (χ1n) is 7.84. The Morgan fingerprint density at radius 3 is 2.92 bits per heavy atom. The molecular weight excluding hydrogens is 309 g/mol. The van der Waals surface area contributed by atoms with E-state index in [9.17, 15) is 9.18 Å². The fraction of sp³-hybridized carbons (Fsp3) is 0.333. The number of benzene rings is 1. The van der Waals surface area contributed by atoms with Gasteiger partial charge in [0.2, 0.25) is 0 Å². The molecule has 0 radical (unpaired) electrons. The van der Waals surface area contributed by atoms with Crippen molar-refractivity contribution in [1.82, 2.24) is 9.88 Å². The van der Waals surface area contributed by atoms with Crippen molar-refractivity contribution >= 4 is 11.7 Å². The molecular formula is C18H20FN3O2. The van der Waals surface area contributed by atoms with Crippen LogP contribution >= 0.6 is 0 Å². The van der Waals surface area contributed by atoms with Crippen molar-refractivity contribution in [3.63, 3.8) is 0 Å². The first-order chi connectivity index (χ1) is 11.5. The number of aromatic nitrogens is 1. The Labute approximate surface area is 140 Å². The Morgan fingerprint density at radius 1 is 1.33 bits per heavy atom. The van der Waals surface area contributed by atoms with Crippen LogP contribution in [0.15, 0.2) is 42.6 Å². The highest BCUT2D eigenvalue weighted by Gasteiger charge is 2.26. The van der Waals surface area contributed by atoms with E-state index in [2.05, 4.69) is 4.98 Å². The van der Waals surface area contributed by atoms with Crippen molar-refractivity contribution in [2.75, 3.05) is 38.7 Å². The Hall–Kier alpha value is -2.47. The number of hydrogen-bond donors (Lipinski definition) is 0. The maximum Gasteiger partial charge on any atom is 0.254 e. The fourth-order valence-electron chi connectivity index (χ4n) is 2.72. The number of halogens is 1. The summed E-state index contributed by atoms with van der Waals surface area (Å²) in [6.07, 6.45) is 1.32. The summed E-state index contributed by atoms with van der Waals surface area (Å²) in [7, 11) is 3.76. The Kier molecular flexibility index (Phi) is 4.76. The molecule has 2 aromatic rings. The Bertz CT molecular complexity index is 736. The minimum atomic E-state index is -0.312. The van der Waals surface area contributed by atoms with E-state index >= 15 is 0 Å². The van der Waals surface area contributed by atoms with Crippen LogP contribution < -0.4 is 4.90 Å². The molecule has 5 nitrogen and oxygen atoms in total. The third-order valence-electron chi connectivity index (χ3n) is 4.02. The van der Waals surface area contributed by atoms with E-state index < -0.39 is 0 Å². The average Bonchev–Trinajstić information content (AvgIpc) is 2.61. The van der Waals surface area contributed by atoms with Crippen molar-refractivity contribution < 1.29 is 13.9 Å². The summed E-state index contributed by atoms with van der Waals surface area (Å²) in [6, 6.07) is 9.81. The second-order valence-electron chi connectivity index (χ2n) is 5.96. The SMILES string of the molecule is CN(C)c1cc(C(=O)N2CCO[C@@H](c3cccc(F)c3)C2)ccn1. The van der Waals surface area contributed by atoms with Crippen LogP contribution in [0.5, 0.6) is 0 Å². The van der Waals surface area contributed by atoms with Crippen LogP contribution in [0.3, 0.4) is 0 Å². The van der Waals surface area contributed by atoms with Gasteiger partial charge in [0, 0.05) is 32.4 Å². The smallest absolute Gasteiger partial charge is 0.254 e. The van der Waals surface area contributed by atoms with Gasteiger partial charge in [-0.2, -0.15) is 0 Å². The van der Waals surface area contributed by atoms with Gasteiger partial charge in [0.05, 0.1) is 13.2 Å². The van der Waals surface area contributed by atoms with Gasteiger partial charge < -0.3 is 14.5 Å². The molecule has 1 aromatic heterocycles. The molecule has 24 heavy (non-hydrogen) atoms. The number of anilines is 1. The number of pyridine rings is 1. The van der Waals surface area contributed by atoms with Gasteiger partial charge >= 0.3 is 0 Å². The quantitative estimate of drug-likeness (QED) is 0.868. The number of morpholine rings is 1. The number of hydrogen-bond acceptors (Lipinski definition) is 4. The van der Waals surface area contributed by atoms with E-state index in [1.165, 1.54) is 12.1 Å². The lowest BCUT2D eigenvalue weighted by Crippen LogP contribution is -2.42. The highest BCUT2D eigenvalue weighted by molar-refractivity contribution is 5.95. The molecule has 1 fully saturated rings. The topological polar surface area (TPSA) is 45.7 Å². The monoisotopic (exact) mass is 329 g/mol. The highest BCUT2D eigenvalue weighted by Crippen LogP contribution is 2.24. The van der Waals surface area contributed by atoms with Crippen molar-refractivity contribution in [3.8, 4) is 0 Å². The zero-order chi connectivity index (χ0) is 17.1. The number of carbonyl (C=O) groups is 1. The van der Waals surface area contributed by atoms with Gasteiger partial charge in [0.1, 0.15) is 17.7 Å². The molecule has 0 unspecified atom stereocenters. The summed E-state index contributed by atoms with van der Waals surface area (Å²) in [5.74, 6) is 0.366. The molecule has 1 aliphatic heterocycles. The molecule has 126 valence electrons. The number of amides is 1. The van der Waals surface area contributed by atoms with Gasteiger partial charge in [-0.1, -0.05) is 12.1 Å². The van der Waals surface area contributed by atoms with Crippen molar-refractivity contribution in [2.24, 2.45) is 0 Å². The number of ether oxygens (including phenoxy) is 1. The lowest BCUT2D eigenvalue weighted by molar-refractivity contribution is -0.0229. The van der Waals surface area contributed by atoms with Crippen LogP contribution in [0.4, 0.5) is 10.2 Å². The summed E-state index contributed by atoms with van der Waals surface area (Å²) in [4.78, 5) is 20.6. The molecule has 0 N–H and O–H groups in total. The normalized spacial score (nSPS) is 17.6. The molecule has 1 amide bonds. The van der Waals surface area contributed by atoms with Crippen molar-refractivity contribution in [1.29, 1.82) is 0 Å². The van der Waals surface area contributed by atoms with Crippen molar-refractivity contribution in [2.45, 2.75) is 6.10 Å². The molecule has 1 saturated heterocycles. The number of nitrogens with zero attached hydrogens (tertiary/aromatic N) is 3. The third-order valence-corrected chi connectivity index (χ3v) is 4.02. The van der Waals surface area contributed by atoms with Crippen LogP contribution in [0.2, 0.25) is 0 Å². The van der Waals surface area contributed by atoms with E-state index in [1.54, 1.807) is 29.3 Å². The lowest BCUT2D eigenvalue weighted by atomic mass is 10.1. The van der Waals surface area contributed by atoms with E-state index in [-0.39, 0.29) is 17.8 Å². The van der Waals surface area contributed by atoms with E-state index in [0.717, 1.165) is 11.4 Å². The molecule has 2 heterocycles. The van der Waals surface area contributed by atoms with Gasteiger partial charge in [-0.15, -0.1) is 0 Å². The van der Waals surface area contributed by atoms with Crippen molar-refractivity contribution in [3.05, 3.63) is 59.5 Å². The van der Waals surface area contributed by atoms with Gasteiger partial charge in [0.15, 0.2) is 0 Å². The molecule has 0 saturated carbocycles. The molecule has 1 aliphatic rings. The van der Waals surface area contributed by atoms with E-state index in [0.29, 0.717) is 25.3 Å². The summed E-state index contributed by atoms with van der Waals surface area (Å²) in [5.41, 5.74) is 1.34. The minimum Gasteiger partial charge on any atom is -0.370 e. The average molecular weight is 329 g/mol. The van der Waals surface area contributed by atoms with Gasteiger partial charge in [-0.25, -0.2) is 9.37 Å². The summed E-state index contributed by atoms with van der Waals surface area (Å²) in [6.45, 7) is 1.35. The molecule has 0 aliphatic carbocycles. The first-order valence-corrected chi connectivity index (χ1v) is 7.84. The predicted molar refractivity (Wildman–Crippen MR) is 89.6 cm³/mol. The lowest BCUT2D eigenvalue weighted by Gasteiger charge is -2.33. The van der Waals surface area contributed by atoms with Crippen LogP contribution in [0, 0.1) is 5.82 Å². The number of carbonyl (C=O) groups excluding carboxylic acids is 1. The number of rotatable bonds is 3. The molecule has 6 heteroatoms. The summed E-state index contributed by atoms with van der Waals surface area (Å²) >= 11 is 0. The second kappa shape index (κ2) is 6.97. The Balaban J connectivity index is 1.77. The minimum absolute atomic E-state index is 0.0646. The standard InChI is InChI=1S/C18H20FN3O2/c1-21(2)17-11-14(6-7-20-17)18(23)22-8-9-24-16(12-22)13-4-3-5-15(19)10-13/h3-7,10-11,16H,8-9,12H2,1-2H3/t16-/m1/s1. The van der Waals surface area contributed by atoms with Crippen LogP contribution in [0.1, 0.15) is 22.0 Å². The third kappa shape index (κ3) is 3.54.